The quantitative estimate of drug-likeness (QED) is 0.815. The normalized spacial score (nSPS) is 18.9. The summed E-state index contributed by atoms with van der Waals surface area (Å²) in [6.45, 7) is 2.05. The van der Waals surface area contributed by atoms with Gasteiger partial charge in [0.15, 0.2) is 0 Å². The van der Waals surface area contributed by atoms with Crippen LogP contribution in [0.3, 0.4) is 0 Å². The molecule has 0 atom stereocenters. The number of hydrogen-bond donors (Lipinski definition) is 1. The Morgan fingerprint density at radius 1 is 1.29 bits per heavy atom. The van der Waals surface area contributed by atoms with Crippen molar-refractivity contribution in [3.63, 3.8) is 0 Å². The van der Waals surface area contributed by atoms with Gasteiger partial charge in [-0.05, 0) is 62.4 Å². The molecule has 0 spiro atoms. The fraction of sp³-hybridized carbons (Fsp3) is 0.409. The molecule has 1 fully saturated rings. The molecule has 0 unspecified atom stereocenters. The molecular weight excluding hydrogens is 372 g/mol. The van der Waals surface area contributed by atoms with Crippen LogP contribution < -0.4 is 10.2 Å². The number of pyridine rings is 1. The van der Waals surface area contributed by atoms with E-state index in [1.54, 1.807) is 12.3 Å². The zero-order valence-electron chi connectivity index (χ0n) is 16.3. The lowest BCUT2D eigenvalue weighted by atomic mass is 9.90. The van der Waals surface area contributed by atoms with Gasteiger partial charge in [-0.1, -0.05) is 18.5 Å². The molecule has 2 aromatic rings. The van der Waals surface area contributed by atoms with E-state index in [1.807, 2.05) is 31.2 Å². The number of hydrogen-bond acceptors (Lipinski definition) is 4. The molecule has 1 saturated carbocycles. The average molecular weight is 397 g/mol. The number of aryl methyl sites for hydroxylation is 1. The standard InChI is InChI=1S/C22H25ClN4O/c1-3-17-6-4-16(14-25-17)22(28)26-18-7-10-19(11-8-18)27(2)20-9-5-15(13-24)21(23)12-20/h4-6,9,12,14,18-19H,3,7-8,10-11H2,1-2H3,(H,26,28). The molecule has 1 aromatic heterocycles. The van der Waals surface area contributed by atoms with Crippen molar-refractivity contribution in [1.29, 1.82) is 5.26 Å². The van der Waals surface area contributed by atoms with Crippen LogP contribution in [0.1, 0.15) is 54.2 Å². The SMILES string of the molecule is CCc1ccc(C(=O)NC2CCC(N(C)c3ccc(C#N)c(Cl)c3)CC2)cn1. The number of nitrogens with one attached hydrogen (secondary N) is 1. The van der Waals surface area contributed by atoms with E-state index >= 15 is 0 Å². The van der Waals surface area contributed by atoms with E-state index in [-0.39, 0.29) is 11.9 Å². The Morgan fingerprint density at radius 2 is 2.04 bits per heavy atom. The first-order valence-corrected chi connectivity index (χ1v) is 10.1. The molecule has 0 radical (unpaired) electrons. The Labute approximate surface area is 171 Å². The second kappa shape index (κ2) is 9.07. The second-order valence-corrected chi connectivity index (χ2v) is 7.66. The summed E-state index contributed by atoms with van der Waals surface area (Å²) in [5.74, 6) is -0.0502. The predicted molar refractivity (Wildman–Crippen MR) is 112 cm³/mol. The fourth-order valence-corrected chi connectivity index (χ4v) is 3.89. The maximum Gasteiger partial charge on any atom is 0.253 e. The minimum absolute atomic E-state index is 0.0502. The van der Waals surface area contributed by atoms with Crippen molar-refractivity contribution >= 4 is 23.2 Å². The van der Waals surface area contributed by atoms with Crippen molar-refractivity contribution in [3.05, 3.63) is 58.4 Å². The van der Waals surface area contributed by atoms with Crippen LogP contribution in [-0.4, -0.2) is 30.0 Å². The Hall–Kier alpha value is -2.58. The topological polar surface area (TPSA) is 69.0 Å². The molecule has 1 heterocycles. The van der Waals surface area contributed by atoms with Crippen molar-refractivity contribution in [2.45, 2.75) is 51.1 Å². The van der Waals surface area contributed by atoms with E-state index in [1.165, 1.54) is 0 Å². The highest BCUT2D eigenvalue weighted by Crippen LogP contribution is 2.29. The molecule has 5 nitrogen and oxygen atoms in total. The summed E-state index contributed by atoms with van der Waals surface area (Å²) in [7, 11) is 2.06. The number of aromatic nitrogens is 1. The number of nitriles is 1. The minimum atomic E-state index is -0.0502. The Kier molecular flexibility index (Phi) is 6.53. The largest absolute Gasteiger partial charge is 0.372 e. The second-order valence-electron chi connectivity index (χ2n) is 7.26. The van der Waals surface area contributed by atoms with Gasteiger partial charge in [0.05, 0.1) is 16.1 Å². The van der Waals surface area contributed by atoms with Crippen LogP contribution in [0.4, 0.5) is 5.69 Å². The van der Waals surface area contributed by atoms with Gasteiger partial charge in [0, 0.05) is 36.7 Å². The van der Waals surface area contributed by atoms with Gasteiger partial charge in [0.2, 0.25) is 0 Å². The lowest BCUT2D eigenvalue weighted by Gasteiger charge is -2.36. The molecule has 28 heavy (non-hydrogen) atoms. The van der Waals surface area contributed by atoms with Crippen LogP contribution in [-0.2, 0) is 6.42 Å². The number of nitrogens with zero attached hydrogens (tertiary/aromatic N) is 3. The molecule has 3 rings (SSSR count). The summed E-state index contributed by atoms with van der Waals surface area (Å²) in [5, 5.41) is 12.6. The fourth-order valence-electron chi connectivity index (χ4n) is 3.67. The van der Waals surface area contributed by atoms with E-state index in [9.17, 15) is 4.79 Å². The number of halogens is 1. The highest BCUT2D eigenvalue weighted by molar-refractivity contribution is 6.32. The number of carbonyl (C=O) groups is 1. The molecule has 6 heteroatoms. The van der Waals surface area contributed by atoms with E-state index in [2.05, 4.69) is 28.3 Å². The molecule has 1 N–H and O–H groups in total. The molecule has 1 aliphatic rings. The summed E-state index contributed by atoms with van der Waals surface area (Å²) in [6.07, 6.45) is 6.38. The first kappa shape index (κ1) is 20.2. The van der Waals surface area contributed by atoms with Gasteiger partial charge in [-0.25, -0.2) is 0 Å². The average Bonchev–Trinajstić information content (AvgIpc) is 2.73. The maximum absolute atomic E-state index is 12.4. The first-order chi connectivity index (χ1) is 13.5. The van der Waals surface area contributed by atoms with Gasteiger partial charge in [0.25, 0.3) is 5.91 Å². The number of benzene rings is 1. The van der Waals surface area contributed by atoms with Crippen LogP contribution in [0.25, 0.3) is 0 Å². The zero-order valence-corrected chi connectivity index (χ0v) is 17.0. The molecule has 1 amide bonds. The summed E-state index contributed by atoms with van der Waals surface area (Å²) in [6, 6.07) is 12.0. The van der Waals surface area contributed by atoms with E-state index in [0.717, 1.165) is 43.5 Å². The van der Waals surface area contributed by atoms with Crippen molar-refractivity contribution in [1.82, 2.24) is 10.3 Å². The predicted octanol–water partition coefficient (Wildman–Crippen LogP) is 4.35. The van der Waals surface area contributed by atoms with Crippen LogP contribution in [0.5, 0.6) is 0 Å². The van der Waals surface area contributed by atoms with E-state index in [0.29, 0.717) is 22.2 Å². The first-order valence-electron chi connectivity index (χ1n) is 9.70. The van der Waals surface area contributed by atoms with Crippen molar-refractivity contribution in [2.24, 2.45) is 0 Å². The number of rotatable bonds is 5. The molecule has 1 aromatic carbocycles. The Balaban J connectivity index is 1.54. The van der Waals surface area contributed by atoms with Gasteiger partial charge in [0.1, 0.15) is 6.07 Å². The van der Waals surface area contributed by atoms with Gasteiger partial charge in [-0.2, -0.15) is 5.26 Å². The monoisotopic (exact) mass is 396 g/mol. The zero-order chi connectivity index (χ0) is 20.1. The molecule has 146 valence electrons. The molecule has 0 aliphatic heterocycles. The highest BCUT2D eigenvalue weighted by Gasteiger charge is 2.25. The van der Waals surface area contributed by atoms with Crippen LogP contribution >= 0.6 is 11.6 Å². The summed E-state index contributed by atoms with van der Waals surface area (Å²) in [4.78, 5) is 19.0. The number of carbonyl (C=O) groups excluding carboxylic acids is 1. The van der Waals surface area contributed by atoms with Crippen molar-refractivity contribution in [3.8, 4) is 6.07 Å². The van der Waals surface area contributed by atoms with Gasteiger partial charge in [-0.3, -0.25) is 9.78 Å². The molecule has 0 bridgehead atoms. The Morgan fingerprint density at radius 3 is 2.61 bits per heavy atom. The molecule has 1 aliphatic carbocycles. The number of amides is 1. The summed E-state index contributed by atoms with van der Waals surface area (Å²) in [5.41, 5.74) is 3.11. The summed E-state index contributed by atoms with van der Waals surface area (Å²) >= 11 is 6.17. The summed E-state index contributed by atoms with van der Waals surface area (Å²) < 4.78 is 0. The minimum Gasteiger partial charge on any atom is -0.372 e. The third-order valence-corrected chi connectivity index (χ3v) is 5.82. The van der Waals surface area contributed by atoms with Crippen LogP contribution in [0.2, 0.25) is 5.02 Å². The van der Waals surface area contributed by atoms with Crippen LogP contribution in [0, 0.1) is 11.3 Å². The van der Waals surface area contributed by atoms with E-state index < -0.39 is 0 Å². The lowest BCUT2D eigenvalue weighted by Crippen LogP contribution is -2.43. The Bertz CT molecular complexity index is 867. The third kappa shape index (κ3) is 4.63. The van der Waals surface area contributed by atoms with Crippen LogP contribution in [0.15, 0.2) is 36.5 Å². The lowest BCUT2D eigenvalue weighted by molar-refractivity contribution is 0.0925. The van der Waals surface area contributed by atoms with Gasteiger partial charge in [-0.15, -0.1) is 0 Å². The maximum atomic E-state index is 12.4. The molecular formula is C22H25ClN4O. The van der Waals surface area contributed by atoms with Crippen molar-refractivity contribution < 1.29 is 4.79 Å². The van der Waals surface area contributed by atoms with Gasteiger partial charge < -0.3 is 10.2 Å². The highest BCUT2D eigenvalue weighted by atomic mass is 35.5. The van der Waals surface area contributed by atoms with E-state index in [4.69, 9.17) is 16.9 Å². The number of anilines is 1. The van der Waals surface area contributed by atoms with Gasteiger partial charge >= 0.3 is 0 Å². The smallest absolute Gasteiger partial charge is 0.253 e. The molecule has 0 saturated heterocycles. The third-order valence-electron chi connectivity index (χ3n) is 5.51. The van der Waals surface area contributed by atoms with Crippen molar-refractivity contribution in [2.75, 3.05) is 11.9 Å².